The van der Waals surface area contributed by atoms with E-state index in [1.807, 2.05) is 20.8 Å². The summed E-state index contributed by atoms with van der Waals surface area (Å²) in [5.41, 5.74) is 5.88. The summed E-state index contributed by atoms with van der Waals surface area (Å²) in [6.45, 7) is 10.7. The Kier molecular flexibility index (Phi) is 4.97. The SMILES string of the molecule is C=C(C)C(=O)OCC(O)C(N)C(C)(C)C. The summed E-state index contributed by atoms with van der Waals surface area (Å²) in [6, 6.07) is -0.435. The van der Waals surface area contributed by atoms with Crippen molar-refractivity contribution in [2.75, 3.05) is 6.61 Å². The molecular formula is C11H21NO3. The maximum absolute atomic E-state index is 11.0. The molecule has 0 rings (SSSR count). The van der Waals surface area contributed by atoms with Crippen LogP contribution in [0.15, 0.2) is 12.2 Å². The molecule has 0 radical (unpaired) electrons. The molecule has 2 atom stereocenters. The van der Waals surface area contributed by atoms with Gasteiger partial charge in [0.15, 0.2) is 0 Å². The van der Waals surface area contributed by atoms with Crippen LogP contribution in [0.1, 0.15) is 27.7 Å². The van der Waals surface area contributed by atoms with Gasteiger partial charge in [-0.05, 0) is 12.3 Å². The van der Waals surface area contributed by atoms with Crippen molar-refractivity contribution < 1.29 is 14.6 Å². The molecule has 0 aromatic carbocycles. The van der Waals surface area contributed by atoms with Crippen LogP contribution in [0.25, 0.3) is 0 Å². The predicted molar refractivity (Wildman–Crippen MR) is 59.2 cm³/mol. The van der Waals surface area contributed by atoms with Crippen LogP contribution in [0.5, 0.6) is 0 Å². The number of nitrogens with two attached hydrogens (primary N) is 1. The maximum Gasteiger partial charge on any atom is 0.333 e. The first kappa shape index (κ1) is 14.1. The first-order valence-electron chi connectivity index (χ1n) is 4.92. The molecule has 3 N–H and O–H groups in total. The van der Waals surface area contributed by atoms with Crippen LogP contribution >= 0.6 is 0 Å². The van der Waals surface area contributed by atoms with E-state index in [1.165, 1.54) is 0 Å². The van der Waals surface area contributed by atoms with Crippen LogP contribution in [0.2, 0.25) is 0 Å². The van der Waals surface area contributed by atoms with Crippen molar-refractivity contribution in [2.24, 2.45) is 11.1 Å². The third kappa shape index (κ3) is 4.95. The van der Waals surface area contributed by atoms with Gasteiger partial charge in [-0.3, -0.25) is 0 Å². The van der Waals surface area contributed by atoms with Crippen LogP contribution in [0.4, 0.5) is 0 Å². The van der Waals surface area contributed by atoms with Crippen LogP contribution in [0.3, 0.4) is 0 Å². The van der Waals surface area contributed by atoms with Crippen LogP contribution in [-0.2, 0) is 9.53 Å². The number of aliphatic hydroxyl groups excluding tert-OH is 1. The average molecular weight is 215 g/mol. The van der Waals surface area contributed by atoms with E-state index in [9.17, 15) is 9.90 Å². The Bertz CT molecular complexity index is 243. The number of carbonyl (C=O) groups is 1. The van der Waals surface area contributed by atoms with Gasteiger partial charge in [-0.1, -0.05) is 27.4 Å². The van der Waals surface area contributed by atoms with E-state index in [2.05, 4.69) is 6.58 Å². The molecule has 0 bridgehead atoms. The molecule has 4 nitrogen and oxygen atoms in total. The molecule has 0 amide bonds. The molecule has 0 spiro atoms. The van der Waals surface area contributed by atoms with E-state index >= 15 is 0 Å². The molecule has 0 aliphatic heterocycles. The normalized spacial score (nSPS) is 15.6. The molecule has 0 aromatic heterocycles. The molecule has 0 saturated carbocycles. The summed E-state index contributed by atoms with van der Waals surface area (Å²) in [7, 11) is 0. The zero-order valence-corrected chi connectivity index (χ0v) is 9.91. The number of esters is 1. The van der Waals surface area contributed by atoms with Gasteiger partial charge in [-0.2, -0.15) is 0 Å². The van der Waals surface area contributed by atoms with Crippen molar-refractivity contribution in [1.82, 2.24) is 0 Å². The lowest BCUT2D eigenvalue weighted by atomic mass is 9.84. The van der Waals surface area contributed by atoms with Crippen molar-refractivity contribution >= 4 is 5.97 Å². The monoisotopic (exact) mass is 215 g/mol. The Hall–Kier alpha value is -0.870. The lowest BCUT2D eigenvalue weighted by molar-refractivity contribution is -0.142. The minimum absolute atomic E-state index is 0.0931. The summed E-state index contributed by atoms with van der Waals surface area (Å²) in [4.78, 5) is 11.0. The maximum atomic E-state index is 11.0. The Morgan fingerprint density at radius 2 is 2.00 bits per heavy atom. The van der Waals surface area contributed by atoms with Crippen molar-refractivity contribution in [2.45, 2.75) is 39.8 Å². The van der Waals surface area contributed by atoms with E-state index in [0.717, 1.165) is 0 Å². The third-order valence-electron chi connectivity index (χ3n) is 2.15. The Morgan fingerprint density at radius 3 is 2.33 bits per heavy atom. The van der Waals surface area contributed by atoms with Gasteiger partial charge in [-0.25, -0.2) is 4.79 Å². The van der Waals surface area contributed by atoms with Crippen molar-refractivity contribution in [1.29, 1.82) is 0 Å². The van der Waals surface area contributed by atoms with Crippen LogP contribution in [0, 0.1) is 5.41 Å². The summed E-state index contributed by atoms with van der Waals surface area (Å²) >= 11 is 0. The molecule has 0 aliphatic carbocycles. The van der Waals surface area contributed by atoms with E-state index in [1.54, 1.807) is 6.92 Å². The molecule has 15 heavy (non-hydrogen) atoms. The molecule has 0 fully saturated rings. The summed E-state index contributed by atoms with van der Waals surface area (Å²) < 4.78 is 4.81. The number of hydrogen-bond donors (Lipinski definition) is 2. The first-order valence-corrected chi connectivity index (χ1v) is 4.92. The topological polar surface area (TPSA) is 72.5 Å². The second-order valence-corrected chi connectivity index (χ2v) is 4.84. The molecule has 0 heterocycles. The fraction of sp³-hybridized carbons (Fsp3) is 0.727. The number of ether oxygens (including phenoxy) is 1. The highest BCUT2D eigenvalue weighted by Crippen LogP contribution is 2.20. The summed E-state index contributed by atoms with van der Waals surface area (Å²) in [5, 5.41) is 9.65. The molecule has 0 saturated heterocycles. The first-order chi connectivity index (χ1) is 6.66. The summed E-state index contributed by atoms with van der Waals surface area (Å²) in [6.07, 6.45) is -0.853. The van der Waals surface area contributed by atoms with Crippen LogP contribution in [-0.4, -0.2) is 29.8 Å². The van der Waals surface area contributed by atoms with Gasteiger partial charge >= 0.3 is 5.97 Å². The zero-order chi connectivity index (χ0) is 12.2. The highest BCUT2D eigenvalue weighted by atomic mass is 16.5. The van der Waals surface area contributed by atoms with E-state index < -0.39 is 18.1 Å². The number of hydrogen-bond acceptors (Lipinski definition) is 4. The molecule has 0 aromatic rings. The molecule has 0 aliphatic rings. The van der Waals surface area contributed by atoms with Gasteiger partial charge in [0.25, 0.3) is 0 Å². The lowest BCUT2D eigenvalue weighted by Gasteiger charge is -2.30. The van der Waals surface area contributed by atoms with Crippen molar-refractivity contribution in [3.63, 3.8) is 0 Å². The Labute approximate surface area is 91.1 Å². The molecule has 88 valence electrons. The highest BCUT2D eigenvalue weighted by molar-refractivity contribution is 5.86. The van der Waals surface area contributed by atoms with Gasteiger partial charge in [0.1, 0.15) is 12.7 Å². The highest BCUT2D eigenvalue weighted by Gasteiger charge is 2.28. The second kappa shape index (κ2) is 5.28. The molecular weight excluding hydrogens is 194 g/mol. The Morgan fingerprint density at radius 1 is 1.53 bits per heavy atom. The smallest absolute Gasteiger partial charge is 0.333 e. The third-order valence-corrected chi connectivity index (χ3v) is 2.15. The second-order valence-electron chi connectivity index (χ2n) is 4.84. The van der Waals surface area contributed by atoms with Gasteiger partial charge < -0.3 is 15.6 Å². The minimum Gasteiger partial charge on any atom is -0.460 e. The van der Waals surface area contributed by atoms with Gasteiger partial charge in [0.05, 0.1) is 0 Å². The molecule has 4 heteroatoms. The minimum atomic E-state index is -0.853. The molecule has 2 unspecified atom stereocenters. The van der Waals surface area contributed by atoms with Gasteiger partial charge in [0.2, 0.25) is 0 Å². The van der Waals surface area contributed by atoms with Crippen molar-refractivity contribution in [3.8, 4) is 0 Å². The predicted octanol–water partition coefficient (Wildman–Crippen LogP) is 0.840. The standard InChI is InChI=1S/C11H21NO3/c1-7(2)10(14)15-6-8(13)9(12)11(3,4)5/h8-9,13H,1,6,12H2,2-5H3. The largest absolute Gasteiger partial charge is 0.460 e. The van der Waals surface area contributed by atoms with Crippen LogP contribution < -0.4 is 5.73 Å². The Balaban J connectivity index is 4.10. The summed E-state index contributed by atoms with van der Waals surface area (Å²) in [5.74, 6) is -0.504. The zero-order valence-electron chi connectivity index (χ0n) is 9.91. The lowest BCUT2D eigenvalue weighted by Crippen LogP contribution is -2.47. The quantitative estimate of drug-likeness (QED) is 0.538. The van der Waals surface area contributed by atoms with Gasteiger partial charge in [-0.15, -0.1) is 0 Å². The van der Waals surface area contributed by atoms with E-state index in [0.29, 0.717) is 5.57 Å². The van der Waals surface area contributed by atoms with Gasteiger partial charge in [0, 0.05) is 11.6 Å². The van der Waals surface area contributed by atoms with Crippen molar-refractivity contribution in [3.05, 3.63) is 12.2 Å². The van der Waals surface area contributed by atoms with E-state index in [-0.39, 0.29) is 12.0 Å². The average Bonchev–Trinajstić information content (AvgIpc) is 2.10. The number of rotatable bonds is 4. The fourth-order valence-corrected chi connectivity index (χ4v) is 0.965. The number of carbonyl (C=O) groups excluding carboxylic acids is 1. The fourth-order valence-electron chi connectivity index (χ4n) is 0.965. The number of aliphatic hydroxyl groups is 1. The van der Waals surface area contributed by atoms with E-state index in [4.69, 9.17) is 10.5 Å².